The fraction of sp³-hybridized carbons (Fsp3) is 0.733. The summed E-state index contributed by atoms with van der Waals surface area (Å²) in [6, 6.07) is 0.249. The summed E-state index contributed by atoms with van der Waals surface area (Å²) >= 11 is 1.78. The van der Waals surface area contributed by atoms with E-state index in [0.717, 1.165) is 38.0 Å². The van der Waals surface area contributed by atoms with E-state index in [9.17, 15) is 4.79 Å². The molecular weight excluding hydrogens is 270 g/mol. The molecule has 5 heteroatoms. The summed E-state index contributed by atoms with van der Waals surface area (Å²) in [7, 11) is 2.03. The lowest BCUT2D eigenvalue weighted by atomic mass is 10.2. The van der Waals surface area contributed by atoms with Gasteiger partial charge in [0.05, 0.1) is 17.2 Å². The SMILES string of the molecule is CCc1nc(C)c(C(C)N(C)CC(=O)N2CCCC2)s1. The lowest BCUT2D eigenvalue weighted by Crippen LogP contribution is -2.38. The van der Waals surface area contributed by atoms with Crippen molar-refractivity contribution in [2.45, 2.75) is 46.1 Å². The van der Waals surface area contributed by atoms with E-state index in [1.807, 2.05) is 11.9 Å². The zero-order valence-electron chi connectivity index (χ0n) is 13.0. The molecule has 0 spiro atoms. The van der Waals surface area contributed by atoms with Crippen LogP contribution in [0.4, 0.5) is 0 Å². The summed E-state index contributed by atoms with van der Waals surface area (Å²) in [4.78, 5) is 22.2. The van der Waals surface area contributed by atoms with Crippen molar-refractivity contribution >= 4 is 17.2 Å². The molecule has 112 valence electrons. The van der Waals surface area contributed by atoms with Crippen molar-refractivity contribution in [1.82, 2.24) is 14.8 Å². The van der Waals surface area contributed by atoms with Crippen molar-refractivity contribution < 1.29 is 4.79 Å². The third-order valence-electron chi connectivity index (χ3n) is 4.06. The van der Waals surface area contributed by atoms with Gasteiger partial charge in [-0.05, 0) is 40.2 Å². The van der Waals surface area contributed by atoms with Gasteiger partial charge in [0.2, 0.25) is 5.91 Å². The molecule has 1 fully saturated rings. The molecule has 1 saturated heterocycles. The van der Waals surface area contributed by atoms with Gasteiger partial charge in [-0.15, -0.1) is 11.3 Å². The maximum atomic E-state index is 12.2. The van der Waals surface area contributed by atoms with Gasteiger partial charge in [0, 0.05) is 24.0 Å². The van der Waals surface area contributed by atoms with E-state index in [0.29, 0.717) is 6.54 Å². The van der Waals surface area contributed by atoms with Crippen LogP contribution < -0.4 is 0 Å². The van der Waals surface area contributed by atoms with Gasteiger partial charge in [-0.25, -0.2) is 4.98 Å². The number of thiazole rings is 1. The van der Waals surface area contributed by atoms with Crippen LogP contribution in [-0.2, 0) is 11.2 Å². The number of hydrogen-bond donors (Lipinski definition) is 0. The Balaban J connectivity index is 1.98. The van der Waals surface area contributed by atoms with E-state index < -0.39 is 0 Å². The van der Waals surface area contributed by atoms with Gasteiger partial charge in [-0.1, -0.05) is 6.92 Å². The molecule has 1 aromatic rings. The Morgan fingerprint density at radius 2 is 2.10 bits per heavy atom. The Morgan fingerprint density at radius 1 is 1.45 bits per heavy atom. The zero-order valence-corrected chi connectivity index (χ0v) is 13.8. The molecule has 1 aliphatic rings. The average molecular weight is 295 g/mol. The average Bonchev–Trinajstić information content (AvgIpc) is 3.06. The molecule has 0 aromatic carbocycles. The van der Waals surface area contributed by atoms with Gasteiger partial charge in [0.1, 0.15) is 0 Å². The van der Waals surface area contributed by atoms with Crippen molar-refractivity contribution in [3.63, 3.8) is 0 Å². The molecule has 0 radical (unpaired) electrons. The number of nitrogens with zero attached hydrogens (tertiary/aromatic N) is 3. The number of aromatic nitrogens is 1. The van der Waals surface area contributed by atoms with Crippen LogP contribution in [0.1, 0.15) is 48.3 Å². The highest BCUT2D eigenvalue weighted by Crippen LogP contribution is 2.28. The Labute approximate surface area is 125 Å². The van der Waals surface area contributed by atoms with Crippen LogP contribution >= 0.6 is 11.3 Å². The van der Waals surface area contributed by atoms with Gasteiger partial charge in [-0.2, -0.15) is 0 Å². The third kappa shape index (κ3) is 3.38. The molecule has 1 unspecified atom stereocenters. The number of likely N-dealkylation sites (N-methyl/N-ethyl adjacent to an activating group) is 1. The lowest BCUT2D eigenvalue weighted by molar-refractivity contribution is -0.131. The summed E-state index contributed by atoms with van der Waals surface area (Å²) in [6.07, 6.45) is 3.28. The first-order valence-electron chi connectivity index (χ1n) is 7.47. The highest BCUT2D eigenvalue weighted by atomic mass is 32.1. The maximum absolute atomic E-state index is 12.2. The number of likely N-dealkylation sites (tertiary alicyclic amines) is 1. The van der Waals surface area contributed by atoms with E-state index in [4.69, 9.17) is 0 Å². The van der Waals surface area contributed by atoms with Crippen LogP contribution in [0.25, 0.3) is 0 Å². The van der Waals surface area contributed by atoms with Gasteiger partial charge in [-0.3, -0.25) is 9.69 Å². The minimum atomic E-state index is 0.249. The Morgan fingerprint density at radius 3 is 2.65 bits per heavy atom. The van der Waals surface area contributed by atoms with Crippen LogP contribution in [0.2, 0.25) is 0 Å². The van der Waals surface area contributed by atoms with Gasteiger partial charge >= 0.3 is 0 Å². The topological polar surface area (TPSA) is 36.4 Å². The molecule has 20 heavy (non-hydrogen) atoms. The Kier molecular flexibility index (Phi) is 5.16. The Bertz CT molecular complexity index is 466. The van der Waals surface area contributed by atoms with E-state index in [2.05, 4.69) is 30.7 Å². The zero-order chi connectivity index (χ0) is 14.7. The molecule has 1 aromatic heterocycles. The molecule has 2 heterocycles. The summed E-state index contributed by atoms with van der Waals surface area (Å²) in [6.45, 7) is 8.73. The van der Waals surface area contributed by atoms with E-state index in [-0.39, 0.29) is 11.9 Å². The lowest BCUT2D eigenvalue weighted by Gasteiger charge is -2.26. The number of aryl methyl sites for hydroxylation is 2. The normalized spacial score (nSPS) is 16.9. The van der Waals surface area contributed by atoms with Gasteiger partial charge < -0.3 is 4.90 Å². The van der Waals surface area contributed by atoms with Crippen LogP contribution in [0.15, 0.2) is 0 Å². The quantitative estimate of drug-likeness (QED) is 0.838. The van der Waals surface area contributed by atoms with Crippen LogP contribution in [0.5, 0.6) is 0 Å². The molecule has 0 aliphatic carbocycles. The summed E-state index contributed by atoms with van der Waals surface area (Å²) in [5.41, 5.74) is 1.11. The molecule has 2 rings (SSSR count). The summed E-state index contributed by atoms with van der Waals surface area (Å²) in [5.74, 6) is 0.259. The van der Waals surface area contributed by atoms with Crippen LogP contribution in [-0.4, -0.2) is 47.4 Å². The van der Waals surface area contributed by atoms with Crippen molar-refractivity contribution in [1.29, 1.82) is 0 Å². The molecule has 0 saturated carbocycles. The van der Waals surface area contributed by atoms with Crippen LogP contribution in [0.3, 0.4) is 0 Å². The number of hydrogen-bond acceptors (Lipinski definition) is 4. The highest BCUT2D eigenvalue weighted by molar-refractivity contribution is 7.11. The summed E-state index contributed by atoms with van der Waals surface area (Å²) < 4.78 is 0. The minimum Gasteiger partial charge on any atom is -0.342 e. The smallest absolute Gasteiger partial charge is 0.236 e. The van der Waals surface area contributed by atoms with Crippen molar-refractivity contribution in [3.05, 3.63) is 15.6 Å². The molecular formula is C15H25N3OS. The van der Waals surface area contributed by atoms with Crippen molar-refractivity contribution in [2.75, 3.05) is 26.7 Å². The first-order valence-corrected chi connectivity index (χ1v) is 8.28. The monoisotopic (exact) mass is 295 g/mol. The molecule has 0 N–H and O–H groups in total. The van der Waals surface area contributed by atoms with E-state index in [1.165, 1.54) is 9.88 Å². The fourth-order valence-electron chi connectivity index (χ4n) is 2.62. The van der Waals surface area contributed by atoms with E-state index in [1.54, 1.807) is 11.3 Å². The second-order valence-electron chi connectivity index (χ2n) is 5.59. The van der Waals surface area contributed by atoms with Crippen molar-refractivity contribution in [2.24, 2.45) is 0 Å². The molecule has 0 bridgehead atoms. The number of carbonyl (C=O) groups excluding carboxylic acids is 1. The van der Waals surface area contributed by atoms with Gasteiger partial charge in [0.25, 0.3) is 0 Å². The van der Waals surface area contributed by atoms with Crippen LogP contribution in [0, 0.1) is 6.92 Å². The predicted octanol–water partition coefficient (Wildman–Crippen LogP) is 2.63. The summed E-state index contributed by atoms with van der Waals surface area (Å²) in [5, 5.41) is 1.18. The minimum absolute atomic E-state index is 0.249. The number of amides is 1. The molecule has 1 aliphatic heterocycles. The Hall–Kier alpha value is -0.940. The van der Waals surface area contributed by atoms with E-state index >= 15 is 0 Å². The second kappa shape index (κ2) is 6.68. The first-order chi connectivity index (χ1) is 9.52. The number of carbonyl (C=O) groups is 1. The standard InChI is InChI=1S/C15H25N3OS/c1-5-13-16-11(2)15(20-13)12(3)17(4)10-14(19)18-8-6-7-9-18/h12H,5-10H2,1-4H3. The maximum Gasteiger partial charge on any atom is 0.236 e. The van der Waals surface area contributed by atoms with Gasteiger partial charge in [0.15, 0.2) is 0 Å². The molecule has 1 atom stereocenters. The number of rotatable bonds is 5. The second-order valence-corrected chi connectivity index (χ2v) is 6.70. The highest BCUT2D eigenvalue weighted by Gasteiger charge is 2.23. The molecule has 1 amide bonds. The predicted molar refractivity (Wildman–Crippen MR) is 83.1 cm³/mol. The third-order valence-corrected chi connectivity index (χ3v) is 5.54. The molecule has 4 nitrogen and oxygen atoms in total. The first kappa shape index (κ1) is 15.4. The largest absolute Gasteiger partial charge is 0.342 e. The van der Waals surface area contributed by atoms with Crippen molar-refractivity contribution in [3.8, 4) is 0 Å². The fourth-order valence-corrected chi connectivity index (χ4v) is 3.75.